The summed E-state index contributed by atoms with van der Waals surface area (Å²) in [6.07, 6.45) is -0.463. The van der Waals surface area contributed by atoms with Gasteiger partial charge in [0.2, 0.25) is 0 Å². The summed E-state index contributed by atoms with van der Waals surface area (Å²) < 4.78 is 10.2. The summed E-state index contributed by atoms with van der Waals surface area (Å²) in [5.74, 6) is 0.185. The van der Waals surface area contributed by atoms with Crippen molar-refractivity contribution in [2.24, 2.45) is 0 Å². The molecule has 1 rings (SSSR count). The standard InChI is InChI=1S/C12H16O3/c1-8(2)9-5-10(7-11(13)6-9)12(14-3)15-4/h5-7,12-13H,1H2,2-4H3. The Balaban J connectivity index is 3.13. The van der Waals surface area contributed by atoms with Crippen molar-refractivity contribution in [1.82, 2.24) is 0 Å². The molecule has 1 N–H and O–H groups in total. The van der Waals surface area contributed by atoms with E-state index in [-0.39, 0.29) is 5.75 Å². The van der Waals surface area contributed by atoms with Gasteiger partial charge < -0.3 is 14.6 Å². The molecule has 0 heterocycles. The van der Waals surface area contributed by atoms with Crippen LogP contribution in [0.25, 0.3) is 5.57 Å². The number of aromatic hydroxyl groups is 1. The molecule has 0 unspecified atom stereocenters. The number of hydrogen-bond donors (Lipinski definition) is 1. The van der Waals surface area contributed by atoms with Crippen LogP contribution in [0.2, 0.25) is 0 Å². The molecule has 0 radical (unpaired) electrons. The minimum absolute atomic E-state index is 0.185. The molecular weight excluding hydrogens is 192 g/mol. The van der Waals surface area contributed by atoms with Crippen molar-refractivity contribution in [1.29, 1.82) is 0 Å². The molecule has 0 aliphatic heterocycles. The first kappa shape index (κ1) is 11.8. The zero-order chi connectivity index (χ0) is 11.4. The first-order valence-electron chi connectivity index (χ1n) is 4.64. The van der Waals surface area contributed by atoms with Crippen LogP contribution in [0.15, 0.2) is 24.8 Å². The van der Waals surface area contributed by atoms with Gasteiger partial charge in [-0.15, -0.1) is 0 Å². The van der Waals surface area contributed by atoms with E-state index in [1.54, 1.807) is 26.4 Å². The summed E-state index contributed by atoms with van der Waals surface area (Å²) >= 11 is 0. The van der Waals surface area contributed by atoms with Gasteiger partial charge in [-0.1, -0.05) is 12.2 Å². The Morgan fingerprint density at radius 1 is 1.27 bits per heavy atom. The van der Waals surface area contributed by atoms with Crippen molar-refractivity contribution in [3.05, 3.63) is 35.9 Å². The maximum absolute atomic E-state index is 9.53. The van der Waals surface area contributed by atoms with E-state index in [0.29, 0.717) is 0 Å². The van der Waals surface area contributed by atoms with Gasteiger partial charge in [0, 0.05) is 19.8 Å². The van der Waals surface area contributed by atoms with E-state index >= 15 is 0 Å². The first-order valence-corrected chi connectivity index (χ1v) is 4.64. The van der Waals surface area contributed by atoms with Crippen LogP contribution in [0.3, 0.4) is 0 Å². The fourth-order valence-corrected chi connectivity index (χ4v) is 1.39. The van der Waals surface area contributed by atoms with E-state index < -0.39 is 6.29 Å². The molecule has 3 nitrogen and oxygen atoms in total. The van der Waals surface area contributed by atoms with Gasteiger partial charge in [0.05, 0.1) is 0 Å². The van der Waals surface area contributed by atoms with Crippen LogP contribution >= 0.6 is 0 Å². The maximum Gasteiger partial charge on any atom is 0.183 e. The second kappa shape index (κ2) is 4.96. The number of rotatable bonds is 4. The number of allylic oxidation sites excluding steroid dienone is 1. The van der Waals surface area contributed by atoms with Gasteiger partial charge in [-0.3, -0.25) is 0 Å². The minimum atomic E-state index is -0.463. The molecule has 3 heteroatoms. The Hall–Kier alpha value is -1.32. The molecule has 1 aromatic rings. The van der Waals surface area contributed by atoms with E-state index in [1.807, 2.05) is 13.0 Å². The van der Waals surface area contributed by atoms with Gasteiger partial charge in [-0.05, 0) is 30.7 Å². The maximum atomic E-state index is 9.53. The summed E-state index contributed by atoms with van der Waals surface area (Å²) in [5, 5.41) is 9.53. The Kier molecular flexibility index (Phi) is 3.88. The molecule has 15 heavy (non-hydrogen) atoms. The molecule has 0 aromatic heterocycles. The number of benzene rings is 1. The predicted molar refractivity (Wildman–Crippen MR) is 59.6 cm³/mol. The van der Waals surface area contributed by atoms with Gasteiger partial charge in [0.15, 0.2) is 6.29 Å². The molecule has 0 amide bonds. The monoisotopic (exact) mass is 208 g/mol. The summed E-state index contributed by atoms with van der Waals surface area (Å²) in [6.45, 7) is 5.71. The fraction of sp³-hybridized carbons (Fsp3) is 0.333. The molecule has 0 atom stereocenters. The molecule has 0 spiro atoms. The first-order chi connectivity index (χ1) is 7.08. The van der Waals surface area contributed by atoms with E-state index in [4.69, 9.17) is 9.47 Å². The Bertz CT molecular complexity index is 354. The van der Waals surface area contributed by atoms with Gasteiger partial charge >= 0.3 is 0 Å². The average molecular weight is 208 g/mol. The van der Waals surface area contributed by atoms with Crippen molar-refractivity contribution < 1.29 is 14.6 Å². The lowest BCUT2D eigenvalue weighted by molar-refractivity contribution is -0.106. The van der Waals surface area contributed by atoms with E-state index in [1.165, 1.54) is 0 Å². The fourth-order valence-electron chi connectivity index (χ4n) is 1.39. The van der Waals surface area contributed by atoms with Crippen molar-refractivity contribution in [3.63, 3.8) is 0 Å². The zero-order valence-corrected chi connectivity index (χ0v) is 9.28. The Labute approximate surface area is 90.0 Å². The third-order valence-electron chi connectivity index (χ3n) is 2.13. The van der Waals surface area contributed by atoms with Crippen molar-refractivity contribution >= 4 is 5.57 Å². The van der Waals surface area contributed by atoms with Crippen LogP contribution < -0.4 is 0 Å². The highest BCUT2D eigenvalue weighted by molar-refractivity contribution is 5.63. The third kappa shape index (κ3) is 2.81. The van der Waals surface area contributed by atoms with Gasteiger partial charge in [-0.25, -0.2) is 0 Å². The van der Waals surface area contributed by atoms with Crippen LogP contribution in [0.5, 0.6) is 5.75 Å². The van der Waals surface area contributed by atoms with Crippen molar-refractivity contribution in [2.45, 2.75) is 13.2 Å². The molecule has 82 valence electrons. The summed E-state index contributed by atoms with van der Waals surface area (Å²) in [4.78, 5) is 0. The van der Waals surface area contributed by atoms with E-state index in [9.17, 15) is 5.11 Å². The lowest BCUT2D eigenvalue weighted by atomic mass is 10.0. The molecule has 0 fully saturated rings. The largest absolute Gasteiger partial charge is 0.508 e. The topological polar surface area (TPSA) is 38.7 Å². The van der Waals surface area contributed by atoms with Crippen molar-refractivity contribution in [2.75, 3.05) is 14.2 Å². The minimum Gasteiger partial charge on any atom is -0.508 e. The molecule has 0 aliphatic rings. The lowest BCUT2D eigenvalue weighted by Crippen LogP contribution is -2.03. The van der Waals surface area contributed by atoms with Crippen LogP contribution in [0.4, 0.5) is 0 Å². The van der Waals surface area contributed by atoms with Crippen LogP contribution in [0.1, 0.15) is 24.3 Å². The molecule has 0 saturated heterocycles. The second-order valence-corrected chi connectivity index (χ2v) is 3.40. The quantitative estimate of drug-likeness (QED) is 0.773. The summed E-state index contributed by atoms with van der Waals surface area (Å²) in [5.41, 5.74) is 2.54. The second-order valence-electron chi connectivity index (χ2n) is 3.40. The number of phenols is 1. The van der Waals surface area contributed by atoms with E-state index in [2.05, 4.69) is 6.58 Å². The highest BCUT2D eigenvalue weighted by atomic mass is 16.7. The summed E-state index contributed by atoms with van der Waals surface area (Å²) in [7, 11) is 3.11. The molecule has 0 bridgehead atoms. The van der Waals surface area contributed by atoms with E-state index in [0.717, 1.165) is 16.7 Å². The molecule has 0 saturated carbocycles. The lowest BCUT2D eigenvalue weighted by Gasteiger charge is -2.15. The predicted octanol–water partition coefficient (Wildman–Crippen LogP) is 2.72. The number of ether oxygens (including phenoxy) is 2. The van der Waals surface area contributed by atoms with Crippen LogP contribution in [-0.4, -0.2) is 19.3 Å². The number of hydrogen-bond acceptors (Lipinski definition) is 3. The smallest absolute Gasteiger partial charge is 0.183 e. The van der Waals surface area contributed by atoms with Crippen molar-refractivity contribution in [3.8, 4) is 5.75 Å². The SMILES string of the molecule is C=C(C)c1cc(O)cc(C(OC)OC)c1. The highest BCUT2D eigenvalue weighted by Gasteiger charge is 2.11. The van der Waals surface area contributed by atoms with Gasteiger partial charge in [0.1, 0.15) is 5.75 Å². The average Bonchev–Trinajstić information content (AvgIpc) is 2.18. The van der Waals surface area contributed by atoms with Crippen LogP contribution in [0, 0.1) is 0 Å². The Morgan fingerprint density at radius 3 is 2.33 bits per heavy atom. The third-order valence-corrected chi connectivity index (χ3v) is 2.13. The Morgan fingerprint density at radius 2 is 1.87 bits per heavy atom. The van der Waals surface area contributed by atoms with Gasteiger partial charge in [0.25, 0.3) is 0 Å². The highest BCUT2D eigenvalue weighted by Crippen LogP contribution is 2.26. The molecular formula is C12H16O3. The number of methoxy groups -OCH3 is 2. The summed E-state index contributed by atoms with van der Waals surface area (Å²) in [6, 6.07) is 5.16. The van der Waals surface area contributed by atoms with Crippen LogP contribution in [-0.2, 0) is 9.47 Å². The number of phenolic OH excluding ortho intramolecular Hbond substituents is 1. The van der Waals surface area contributed by atoms with Gasteiger partial charge in [-0.2, -0.15) is 0 Å². The zero-order valence-electron chi connectivity index (χ0n) is 9.28. The molecule has 0 aliphatic carbocycles. The molecule has 1 aromatic carbocycles. The normalized spacial score (nSPS) is 10.7.